The number of fused-ring (bicyclic) bond motifs is 3. The fourth-order valence-electron chi connectivity index (χ4n) is 7.91. The first kappa shape index (κ1) is 38.0. The lowest BCUT2D eigenvalue weighted by atomic mass is 10.0. The van der Waals surface area contributed by atoms with Crippen LogP contribution >= 0.6 is 11.3 Å². The molecule has 4 N–H and O–H groups in total. The molecule has 0 bridgehead atoms. The van der Waals surface area contributed by atoms with Crippen molar-refractivity contribution in [2.45, 2.75) is 94.0 Å². The van der Waals surface area contributed by atoms with Gasteiger partial charge in [-0.05, 0) is 87.1 Å². The summed E-state index contributed by atoms with van der Waals surface area (Å²) in [6.07, 6.45) is 11.4. The van der Waals surface area contributed by atoms with Crippen LogP contribution in [0.25, 0.3) is 21.6 Å². The number of rotatable bonds is 7. The first-order valence-corrected chi connectivity index (χ1v) is 20.4. The molecule has 296 valence electrons. The fraction of sp³-hybridized carbons (Fsp3) is 0.415. The lowest BCUT2D eigenvalue weighted by Crippen LogP contribution is -2.59. The Morgan fingerprint density at radius 3 is 2.49 bits per heavy atom. The van der Waals surface area contributed by atoms with Gasteiger partial charge in [0.15, 0.2) is 0 Å². The Labute approximate surface area is 333 Å². The van der Waals surface area contributed by atoms with E-state index in [-0.39, 0.29) is 36.4 Å². The molecule has 8 rings (SSSR count). The maximum atomic E-state index is 14.6. The quantitative estimate of drug-likeness (QED) is 0.152. The molecule has 15 nitrogen and oxygen atoms in total. The number of nitrogens with zero attached hydrogens (tertiary/aromatic N) is 4. The molecule has 0 unspecified atom stereocenters. The summed E-state index contributed by atoms with van der Waals surface area (Å²) in [5, 5.41) is 7.73. The molecule has 3 fully saturated rings. The number of benzene rings is 1. The molecule has 5 heterocycles. The number of para-hydroxylation sites is 2. The molecule has 2 saturated carbocycles. The van der Waals surface area contributed by atoms with E-state index in [4.69, 9.17) is 19.4 Å². The molecule has 4 aliphatic rings. The Hall–Kier alpha value is -5.90. The molecule has 16 heteroatoms. The van der Waals surface area contributed by atoms with Crippen molar-refractivity contribution in [2.24, 2.45) is 5.92 Å². The van der Waals surface area contributed by atoms with Gasteiger partial charge < -0.3 is 25.0 Å². The number of carbonyl (C=O) groups excluding carboxylic acids is 5. The van der Waals surface area contributed by atoms with E-state index >= 15 is 0 Å². The number of carbonyl (C=O) groups is 5. The molecule has 1 aromatic carbocycles. The number of thiophene rings is 1. The summed E-state index contributed by atoms with van der Waals surface area (Å²) in [6, 6.07) is 12.4. The van der Waals surface area contributed by atoms with E-state index in [1.807, 2.05) is 53.9 Å². The Morgan fingerprint density at radius 2 is 1.72 bits per heavy atom. The number of hydrogen-bond acceptors (Lipinski definition) is 11. The molecular formula is C41H44N8O7S. The minimum Gasteiger partial charge on any atom is -0.471 e. The second-order valence-corrected chi connectivity index (χ2v) is 15.9. The van der Waals surface area contributed by atoms with Gasteiger partial charge in [-0.15, -0.1) is 11.3 Å². The van der Waals surface area contributed by atoms with Gasteiger partial charge in [-0.1, -0.05) is 36.8 Å². The van der Waals surface area contributed by atoms with Crippen molar-refractivity contribution in [1.29, 1.82) is 0 Å². The predicted molar refractivity (Wildman–Crippen MR) is 209 cm³/mol. The van der Waals surface area contributed by atoms with Crippen molar-refractivity contribution in [3.8, 4) is 16.5 Å². The zero-order valence-corrected chi connectivity index (χ0v) is 32.0. The third kappa shape index (κ3) is 8.45. The van der Waals surface area contributed by atoms with Gasteiger partial charge in [0.1, 0.15) is 35.5 Å². The Morgan fingerprint density at radius 1 is 0.912 bits per heavy atom. The van der Waals surface area contributed by atoms with E-state index in [1.54, 1.807) is 12.1 Å². The van der Waals surface area contributed by atoms with Crippen LogP contribution in [0.1, 0.15) is 74.6 Å². The smallest absolute Gasteiger partial charge is 0.408 e. The number of hydrazine groups is 1. The van der Waals surface area contributed by atoms with Crippen LogP contribution in [-0.4, -0.2) is 85.9 Å². The summed E-state index contributed by atoms with van der Waals surface area (Å²) in [5.41, 5.74) is 5.65. The topological polar surface area (TPSA) is 194 Å². The van der Waals surface area contributed by atoms with Gasteiger partial charge >= 0.3 is 6.09 Å². The number of ether oxygens (including phenoxy) is 2. The third-order valence-corrected chi connectivity index (χ3v) is 11.9. The number of aromatic nitrogens is 3. The molecule has 0 spiro atoms. The highest BCUT2D eigenvalue weighted by atomic mass is 32.1. The van der Waals surface area contributed by atoms with E-state index < -0.39 is 53.4 Å². The Balaban J connectivity index is 1.07. The van der Waals surface area contributed by atoms with Gasteiger partial charge in [0.2, 0.25) is 17.7 Å². The SMILES string of the molecule is O=C(N[C@H]1CCCC/C=C\[C@@H]2C[C@@]2(C(=O)NNC(=O)c2cccnc2)NC(=O)[C@@H]2C[C@@H](Oc3nc4ccccc4nc3-c3cccs3)CN2C1=O)OC1CCCC1. The van der Waals surface area contributed by atoms with Crippen LogP contribution in [0.15, 0.2) is 78.5 Å². The van der Waals surface area contributed by atoms with Crippen molar-refractivity contribution in [3.63, 3.8) is 0 Å². The van der Waals surface area contributed by atoms with E-state index in [9.17, 15) is 24.0 Å². The standard InChI is InChI=1S/C41H44N8O7S/c50-35(25-11-9-19-42-23-25)47-48-39(53)41-22-26(41)12-3-1-2-4-17-31(45-40(54)56-27-13-5-6-14-27)38(52)49-24-28(21-32(49)36(51)46-41)55-37-34(33-18-10-20-57-33)43-29-15-7-8-16-30(29)44-37/h3,7-12,15-16,18-20,23,26-28,31-32H,1-2,4-6,13-14,17,21-22,24H2,(H,45,54)(H,46,51)(H,47,50)(H,48,53)/b12-3-/t26-,28-,31+,32+,41-/m1/s1. The first-order valence-electron chi connectivity index (χ1n) is 19.5. The van der Waals surface area contributed by atoms with Gasteiger partial charge in [0.05, 0.1) is 28.0 Å². The maximum absolute atomic E-state index is 14.6. The highest BCUT2D eigenvalue weighted by Crippen LogP contribution is 2.45. The highest BCUT2D eigenvalue weighted by Gasteiger charge is 2.61. The number of alkyl carbamates (subject to hydrolysis) is 1. The number of allylic oxidation sites excluding steroid dienone is 1. The fourth-order valence-corrected chi connectivity index (χ4v) is 8.62. The van der Waals surface area contributed by atoms with Crippen molar-refractivity contribution in [1.82, 2.24) is 41.3 Å². The van der Waals surface area contributed by atoms with E-state index in [0.717, 1.165) is 37.0 Å². The minimum atomic E-state index is -1.38. The van der Waals surface area contributed by atoms with E-state index in [0.29, 0.717) is 42.4 Å². The number of hydrogen-bond donors (Lipinski definition) is 4. The van der Waals surface area contributed by atoms with Gasteiger partial charge in [-0.25, -0.2) is 14.8 Å². The average molecular weight is 793 g/mol. The number of nitrogens with one attached hydrogen (secondary N) is 4. The molecule has 4 aromatic rings. The maximum Gasteiger partial charge on any atom is 0.408 e. The molecule has 3 aromatic heterocycles. The van der Waals surface area contributed by atoms with Crippen LogP contribution in [0.4, 0.5) is 4.79 Å². The molecule has 5 atom stereocenters. The normalized spacial score (nSPS) is 25.6. The van der Waals surface area contributed by atoms with Crippen LogP contribution in [0.5, 0.6) is 5.88 Å². The number of amides is 5. The van der Waals surface area contributed by atoms with Crippen LogP contribution in [0, 0.1) is 5.92 Å². The molecule has 1 saturated heterocycles. The summed E-state index contributed by atoms with van der Waals surface area (Å²) in [7, 11) is 0. The molecule has 5 amide bonds. The Kier molecular flexibility index (Phi) is 11.1. The van der Waals surface area contributed by atoms with Crippen LogP contribution < -0.4 is 26.2 Å². The zero-order chi connectivity index (χ0) is 39.4. The average Bonchev–Trinajstić information content (AvgIpc) is 3.73. The second-order valence-electron chi connectivity index (χ2n) is 15.0. The lowest BCUT2D eigenvalue weighted by Gasteiger charge is -2.30. The summed E-state index contributed by atoms with van der Waals surface area (Å²) in [5.74, 6) is -2.26. The van der Waals surface area contributed by atoms with Gasteiger partial charge in [-0.3, -0.25) is 35.0 Å². The van der Waals surface area contributed by atoms with Crippen LogP contribution in [0.2, 0.25) is 0 Å². The third-order valence-electron chi connectivity index (χ3n) is 11.0. The lowest BCUT2D eigenvalue weighted by molar-refractivity contribution is -0.141. The highest BCUT2D eigenvalue weighted by molar-refractivity contribution is 7.13. The molecule has 2 aliphatic carbocycles. The Bertz CT molecular complexity index is 2160. The van der Waals surface area contributed by atoms with Gasteiger partial charge in [0, 0.05) is 24.7 Å². The predicted octanol–water partition coefficient (Wildman–Crippen LogP) is 4.61. The van der Waals surface area contributed by atoms with Crippen molar-refractivity contribution in [2.75, 3.05) is 6.54 Å². The molecular weight excluding hydrogens is 749 g/mol. The first-order chi connectivity index (χ1) is 27.8. The van der Waals surface area contributed by atoms with E-state index in [2.05, 4.69) is 26.5 Å². The van der Waals surface area contributed by atoms with Gasteiger partial charge in [-0.2, -0.15) is 0 Å². The van der Waals surface area contributed by atoms with Crippen molar-refractivity contribution >= 4 is 52.1 Å². The van der Waals surface area contributed by atoms with Crippen LogP contribution in [-0.2, 0) is 19.1 Å². The summed E-state index contributed by atoms with van der Waals surface area (Å²) in [6.45, 7) is 0.00879. The molecule has 0 radical (unpaired) electrons. The van der Waals surface area contributed by atoms with Crippen molar-refractivity contribution in [3.05, 3.63) is 84.0 Å². The monoisotopic (exact) mass is 792 g/mol. The molecule has 57 heavy (non-hydrogen) atoms. The minimum absolute atomic E-state index is 0.00879. The summed E-state index contributed by atoms with van der Waals surface area (Å²) in [4.78, 5) is 84.8. The van der Waals surface area contributed by atoms with Gasteiger partial charge in [0.25, 0.3) is 11.8 Å². The largest absolute Gasteiger partial charge is 0.471 e. The van der Waals surface area contributed by atoms with Crippen molar-refractivity contribution < 1.29 is 33.4 Å². The molecule has 2 aliphatic heterocycles. The zero-order valence-electron chi connectivity index (χ0n) is 31.2. The van der Waals surface area contributed by atoms with E-state index in [1.165, 1.54) is 28.6 Å². The van der Waals surface area contributed by atoms with Crippen LogP contribution in [0.3, 0.4) is 0 Å². The summed E-state index contributed by atoms with van der Waals surface area (Å²) >= 11 is 1.49. The number of pyridine rings is 1. The second kappa shape index (κ2) is 16.7. The summed E-state index contributed by atoms with van der Waals surface area (Å²) < 4.78 is 12.3.